The van der Waals surface area contributed by atoms with Gasteiger partial charge >= 0.3 is 7.12 Å². The van der Waals surface area contributed by atoms with Crippen LogP contribution in [0.5, 0.6) is 0 Å². The standard InChI is InChI=1S/C18H18BN5O3/c1-2-5-15-17(22-23-24(15)16-6-3-4-9-20-16)18(25)21-13-8-7-12-11-27-19(26)14(12)10-13/h3-4,6-10,26H,2,5,11H2,1H3,(H,21,25). The van der Waals surface area contributed by atoms with E-state index in [1.807, 2.05) is 31.2 Å². The predicted octanol–water partition coefficient (Wildman–Crippen LogP) is 1.08. The number of amides is 1. The molecule has 0 radical (unpaired) electrons. The van der Waals surface area contributed by atoms with Gasteiger partial charge in [0.1, 0.15) is 0 Å². The zero-order valence-electron chi connectivity index (χ0n) is 14.8. The van der Waals surface area contributed by atoms with Gasteiger partial charge in [-0.25, -0.2) is 4.98 Å². The number of rotatable bonds is 5. The molecule has 1 aliphatic rings. The van der Waals surface area contributed by atoms with E-state index in [0.29, 0.717) is 35.7 Å². The van der Waals surface area contributed by atoms with Crippen molar-refractivity contribution in [2.75, 3.05) is 5.32 Å². The first-order chi connectivity index (χ1) is 13.2. The molecule has 0 aliphatic carbocycles. The van der Waals surface area contributed by atoms with Gasteiger partial charge in [0.15, 0.2) is 11.5 Å². The van der Waals surface area contributed by atoms with Crippen LogP contribution in [0.3, 0.4) is 0 Å². The molecule has 4 rings (SSSR count). The first-order valence-electron chi connectivity index (χ1n) is 8.77. The molecule has 0 atom stereocenters. The lowest BCUT2D eigenvalue weighted by molar-refractivity contribution is 0.102. The molecule has 0 bridgehead atoms. The number of hydrogen-bond acceptors (Lipinski definition) is 6. The van der Waals surface area contributed by atoms with E-state index in [2.05, 4.69) is 20.6 Å². The zero-order chi connectivity index (χ0) is 18.8. The summed E-state index contributed by atoms with van der Waals surface area (Å²) < 4.78 is 6.78. The molecule has 0 unspecified atom stereocenters. The number of carbonyl (C=O) groups excluding carboxylic acids is 1. The Balaban J connectivity index is 1.62. The smallest absolute Gasteiger partial charge is 0.423 e. The van der Waals surface area contributed by atoms with Crippen LogP contribution in [0.15, 0.2) is 42.6 Å². The van der Waals surface area contributed by atoms with Gasteiger partial charge in [0.05, 0.1) is 12.3 Å². The minimum atomic E-state index is -0.961. The van der Waals surface area contributed by atoms with Crippen molar-refractivity contribution in [3.63, 3.8) is 0 Å². The summed E-state index contributed by atoms with van der Waals surface area (Å²) >= 11 is 0. The number of fused-ring (bicyclic) bond motifs is 1. The molecule has 0 spiro atoms. The lowest BCUT2D eigenvalue weighted by Gasteiger charge is -2.08. The molecule has 2 aromatic heterocycles. The maximum atomic E-state index is 12.8. The average molecular weight is 363 g/mol. The summed E-state index contributed by atoms with van der Waals surface area (Å²) in [6.07, 6.45) is 3.15. The van der Waals surface area contributed by atoms with Crippen molar-refractivity contribution in [1.29, 1.82) is 0 Å². The second-order valence-electron chi connectivity index (χ2n) is 6.27. The average Bonchev–Trinajstić information content (AvgIpc) is 3.27. The van der Waals surface area contributed by atoms with Gasteiger partial charge in [0, 0.05) is 11.9 Å². The van der Waals surface area contributed by atoms with Crippen molar-refractivity contribution in [2.45, 2.75) is 26.4 Å². The molecular weight excluding hydrogens is 345 g/mol. The minimum absolute atomic E-state index is 0.264. The fourth-order valence-electron chi connectivity index (χ4n) is 3.08. The van der Waals surface area contributed by atoms with E-state index in [-0.39, 0.29) is 11.6 Å². The summed E-state index contributed by atoms with van der Waals surface area (Å²) in [5, 5.41) is 20.9. The van der Waals surface area contributed by atoms with Gasteiger partial charge < -0.3 is 15.0 Å². The minimum Gasteiger partial charge on any atom is -0.423 e. The molecule has 27 heavy (non-hydrogen) atoms. The van der Waals surface area contributed by atoms with Crippen LogP contribution in [-0.2, 0) is 17.7 Å². The molecule has 1 aliphatic heterocycles. The van der Waals surface area contributed by atoms with Crippen molar-refractivity contribution >= 4 is 24.2 Å². The van der Waals surface area contributed by atoms with E-state index in [0.717, 1.165) is 12.0 Å². The maximum Gasteiger partial charge on any atom is 0.491 e. The van der Waals surface area contributed by atoms with E-state index in [4.69, 9.17) is 4.65 Å². The van der Waals surface area contributed by atoms with Crippen LogP contribution in [0.4, 0.5) is 5.69 Å². The predicted molar refractivity (Wildman–Crippen MR) is 99.9 cm³/mol. The van der Waals surface area contributed by atoms with Crippen LogP contribution in [0.25, 0.3) is 5.82 Å². The first kappa shape index (κ1) is 17.4. The lowest BCUT2D eigenvalue weighted by atomic mass is 9.79. The Morgan fingerprint density at radius 1 is 1.37 bits per heavy atom. The summed E-state index contributed by atoms with van der Waals surface area (Å²) in [7, 11) is -0.961. The molecular formula is C18H18BN5O3. The molecule has 0 saturated carbocycles. The summed E-state index contributed by atoms with van der Waals surface area (Å²) in [6.45, 7) is 2.39. The topological polar surface area (TPSA) is 102 Å². The highest BCUT2D eigenvalue weighted by Crippen LogP contribution is 2.18. The number of benzene rings is 1. The molecule has 136 valence electrons. The van der Waals surface area contributed by atoms with Crippen LogP contribution in [0, 0.1) is 0 Å². The summed E-state index contributed by atoms with van der Waals surface area (Å²) in [6, 6.07) is 10.8. The van der Waals surface area contributed by atoms with E-state index in [1.54, 1.807) is 23.0 Å². The van der Waals surface area contributed by atoms with Gasteiger partial charge in [-0.3, -0.25) is 4.79 Å². The molecule has 0 saturated heterocycles. The Hall–Kier alpha value is -3.04. The monoisotopic (exact) mass is 363 g/mol. The quantitative estimate of drug-likeness (QED) is 0.658. The highest BCUT2D eigenvalue weighted by molar-refractivity contribution is 6.61. The number of hydrogen-bond donors (Lipinski definition) is 2. The SMILES string of the molecule is CCCc1c(C(=O)Nc2ccc3c(c2)B(O)OC3)nnn1-c1ccccn1. The highest BCUT2D eigenvalue weighted by atomic mass is 16.5. The van der Waals surface area contributed by atoms with Crippen LogP contribution >= 0.6 is 0 Å². The molecule has 9 heteroatoms. The van der Waals surface area contributed by atoms with Crippen LogP contribution in [-0.4, -0.2) is 38.0 Å². The molecule has 3 aromatic rings. The molecule has 2 N–H and O–H groups in total. The van der Waals surface area contributed by atoms with Crippen molar-refractivity contribution in [1.82, 2.24) is 20.0 Å². The lowest BCUT2D eigenvalue weighted by Crippen LogP contribution is -2.28. The molecule has 1 aromatic carbocycles. The number of nitrogens with zero attached hydrogens (tertiary/aromatic N) is 4. The number of aromatic nitrogens is 4. The van der Waals surface area contributed by atoms with E-state index >= 15 is 0 Å². The fourth-order valence-corrected chi connectivity index (χ4v) is 3.08. The Kier molecular flexibility index (Phi) is 4.70. The van der Waals surface area contributed by atoms with Gasteiger partial charge in [0.2, 0.25) is 0 Å². The number of anilines is 1. The molecule has 0 fully saturated rings. The van der Waals surface area contributed by atoms with Gasteiger partial charge in [-0.2, -0.15) is 4.68 Å². The van der Waals surface area contributed by atoms with Crippen LogP contribution in [0.2, 0.25) is 0 Å². The van der Waals surface area contributed by atoms with Gasteiger partial charge in [0.25, 0.3) is 5.91 Å². The van der Waals surface area contributed by atoms with E-state index < -0.39 is 7.12 Å². The highest BCUT2D eigenvalue weighted by Gasteiger charge is 2.28. The van der Waals surface area contributed by atoms with E-state index in [9.17, 15) is 9.82 Å². The second-order valence-corrected chi connectivity index (χ2v) is 6.27. The summed E-state index contributed by atoms with van der Waals surface area (Å²) in [5.74, 6) is 0.263. The van der Waals surface area contributed by atoms with Crippen LogP contribution < -0.4 is 10.8 Å². The number of pyridine rings is 1. The third kappa shape index (κ3) is 3.34. The number of nitrogens with one attached hydrogen (secondary N) is 1. The fraction of sp³-hybridized carbons (Fsp3) is 0.222. The molecule has 3 heterocycles. The van der Waals surface area contributed by atoms with Gasteiger partial charge in [-0.15, -0.1) is 5.10 Å². The normalized spacial score (nSPS) is 12.9. The number of carbonyl (C=O) groups is 1. The third-order valence-electron chi connectivity index (χ3n) is 4.40. The first-order valence-corrected chi connectivity index (χ1v) is 8.77. The Labute approximate surface area is 156 Å². The molecule has 8 nitrogen and oxygen atoms in total. The largest absolute Gasteiger partial charge is 0.491 e. The van der Waals surface area contributed by atoms with Gasteiger partial charge in [-0.05, 0) is 41.7 Å². The summed E-state index contributed by atoms with van der Waals surface area (Å²) in [5.41, 5.74) is 3.11. The maximum absolute atomic E-state index is 12.8. The van der Waals surface area contributed by atoms with Crippen molar-refractivity contribution < 1.29 is 14.5 Å². The van der Waals surface area contributed by atoms with Crippen molar-refractivity contribution in [2.24, 2.45) is 0 Å². The Morgan fingerprint density at radius 3 is 3.04 bits per heavy atom. The molecule has 1 amide bonds. The summed E-state index contributed by atoms with van der Waals surface area (Å²) in [4.78, 5) is 17.1. The third-order valence-corrected chi connectivity index (χ3v) is 4.40. The van der Waals surface area contributed by atoms with E-state index in [1.165, 1.54) is 0 Å². The zero-order valence-corrected chi connectivity index (χ0v) is 14.8. The Morgan fingerprint density at radius 2 is 2.26 bits per heavy atom. The van der Waals surface area contributed by atoms with Crippen molar-refractivity contribution in [3.05, 3.63) is 59.5 Å². The van der Waals surface area contributed by atoms with Crippen molar-refractivity contribution in [3.8, 4) is 5.82 Å². The Bertz CT molecular complexity index is 976. The van der Waals surface area contributed by atoms with Gasteiger partial charge in [-0.1, -0.05) is 30.7 Å². The second kappa shape index (κ2) is 7.30. The van der Waals surface area contributed by atoms with Crippen LogP contribution in [0.1, 0.15) is 35.1 Å².